The lowest BCUT2D eigenvalue weighted by molar-refractivity contribution is -0.187. The van der Waals surface area contributed by atoms with Crippen LogP contribution < -0.4 is 5.32 Å². The van der Waals surface area contributed by atoms with E-state index >= 15 is 0 Å². The molecular formula is C21H29F3N2O2. The SMILES string of the molecule is C[C@@H]1CN(Cc2ccc(C(=O)N[C@@H]3CCCC[C@@H]3C(F)(F)F)cc2)C[C@@H](C)O1. The zero-order valence-corrected chi connectivity index (χ0v) is 16.5. The average molecular weight is 398 g/mol. The van der Waals surface area contributed by atoms with Crippen LogP contribution in [-0.2, 0) is 11.3 Å². The van der Waals surface area contributed by atoms with Gasteiger partial charge in [-0.05, 0) is 44.4 Å². The maximum Gasteiger partial charge on any atom is 0.393 e. The van der Waals surface area contributed by atoms with Gasteiger partial charge in [-0.25, -0.2) is 0 Å². The van der Waals surface area contributed by atoms with Crippen molar-refractivity contribution in [2.45, 2.75) is 70.5 Å². The predicted octanol–water partition coefficient (Wildman–Crippen LogP) is 4.15. The smallest absolute Gasteiger partial charge is 0.373 e. The largest absolute Gasteiger partial charge is 0.393 e. The molecule has 1 N–H and O–H groups in total. The summed E-state index contributed by atoms with van der Waals surface area (Å²) in [5.74, 6) is -1.88. The second kappa shape index (κ2) is 8.82. The molecule has 1 aliphatic heterocycles. The summed E-state index contributed by atoms with van der Waals surface area (Å²) in [5, 5.41) is 2.62. The van der Waals surface area contributed by atoms with Crippen LogP contribution in [0.2, 0.25) is 0 Å². The van der Waals surface area contributed by atoms with Crippen molar-refractivity contribution in [1.29, 1.82) is 0 Å². The maximum atomic E-state index is 13.2. The molecule has 1 aromatic rings. The Balaban J connectivity index is 1.59. The molecule has 0 aromatic heterocycles. The number of carbonyl (C=O) groups excluding carboxylic acids is 1. The Hall–Kier alpha value is -1.60. The first kappa shape index (κ1) is 21.1. The minimum absolute atomic E-state index is 0.0871. The van der Waals surface area contributed by atoms with Crippen LogP contribution >= 0.6 is 0 Å². The van der Waals surface area contributed by atoms with Crippen LogP contribution in [0.5, 0.6) is 0 Å². The first-order valence-corrected chi connectivity index (χ1v) is 10.1. The molecule has 3 rings (SSSR count). The molecule has 1 aromatic carbocycles. The van der Waals surface area contributed by atoms with Gasteiger partial charge in [-0.3, -0.25) is 9.69 Å². The zero-order valence-electron chi connectivity index (χ0n) is 16.5. The third-order valence-electron chi connectivity index (χ3n) is 5.62. The highest BCUT2D eigenvalue weighted by Crippen LogP contribution is 2.37. The topological polar surface area (TPSA) is 41.6 Å². The normalized spacial score (nSPS) is 29.5. The summed E-state index contributed by atoms with van der Waals surface area (Å²) in [6, 6.07) is 6.31. The predicted molar refractivity (Wildman–Crippen MR) is 101 cm³/mol. The number of nitrogens with zero attached hydrogens (tertiary/aromatic N) is 1. The molecule has 0 radical (unpaired) electrons. The molecule has 0 unspecified atom stereocenters. The lowest BCUT2D eigenvalue weighted by Crippen LogP contribution is -2.47. The highest BCUT2D eigenvalue weighted by atomic mass is 19.4. The van der Waals surface area contributed by atoms with Gasteiger partial charge in [-0.15, -0.1) is 0 Å². The molecule has 1 saturated heterocycles. The molecule has 1 amide bonds. The Morgan fingerprint density at radius 3 is 2.32 bits per heavy atom. The van der Waals surface area contributed by atoms with Crippen LogP contribution in [0.1, 0.15) is 55.5 Å². The van der Waals surface area contributed by atoms with E-state index in [1.165, 1.54) is 0 Å². The summed E-state index contributed by atoms with van der Waals surface area (Å²) in [6.45, 7) is 6.57. The van der Waals surface area contributed by atoms with Crippen LogP contribution in [0, 0.1) is 5.92 Å². The third-order valence-corrected chi connectivity index (χ3v) is 5.62. The monoisotopic (exact) mass is 398 g/mol. The van der Waals surface area contributed by atoms with Gasteiger partial charge < -0.3 is 10.1 Å². The van der Waals surface area contributed by atoms with Gasteiger partial charge in [0.05, 0.1) is 18.1 Å². The number of benzene rings is 1. The Bertz CT molecular complexity index is 653. The van der Waals surface area contributed by atoms with Crippen molar-refractivity contribution in [3.05, 3.63) is 35.4 Å². The van der Waals surface area contributed by atoms with Crippen molar-refractivity contribution in [3.8, 4) is 0 Å². The van der Waals surface area contributed by atoms with Crippen molar-refractivity contribution in [3.63, 3.8) is 0 Å². The molecule has 0 bridgehead atoms. The van der Waals surface area contributed by atoms with E-state index in [9.17, 15) is 18.0 Å². The summed E-state index contributed by atoms with van der Waals surface area (Å²) in [7, 11) is 0. The summed E-state index contributed by atoms with van der Waals surface area (Å²) in [4.78, 5) is 14.8. The van der Waals surface area contributed by atoms with E-state index in [4.69, 9.17) is 4.74 Å². The fourth-order valence-corrected chi connectivity index (χ4v) is 4.38. The fourth-order valence-electron chi connectivity index (χ4n) is 4.38. The van der Waals surface area contributed by atoms with Crippen molar-refractivity contribution in [2.24, 2.45) is 5.92 Å². The molecule has 156 valence electrons. The van der Waals surface area contributed by atoms with E-state index in [0.29, 0.717) is 24.8 Å². The summed E-state index contributed by atoms with van der Waals surface area (Å²) in [5.41, 5.74) is 1.47. The van der Waals surface area contributed by atoms with Crippen LogP contribution in [0.15, 0.2) is 24.3 Å². The highest BCUT2D eigenvalue weighted by Gasteiger charge is 2.46. The molecule has 2 aliphatic rings. The molecule has 7 heteroatoms. The number of ether oxygens (including phenoxy) is 1. The number of alkyl halides is 3. The number of morpholine rings is 1. The van der Waals surface area contributed by atoms with Crippen molar-refractivity contribution in [1.82, 2.24) is 10.2 Å². The van der Waals surface area contributed by atoms with E-state index in [1.807, 2.05) is 12.1 Å². The van der Waals surface area contributed by atoms with Gasteiger partial charge in [0.2, 0.25) is 0 Å². The zero-order chi connectivity index (χ0) is 20.3. The van der Waals surface area contributed by atoms with E-state index < -0.39 is 24.0 Å². The van der Waals surface area contributed by atoms with E-state index in [1.54, 1.807) is 12.1 Å². The number of hydrogen-bond acceptors (Lipinski definition) is 3. The molecule has 2 fully saturated rings. The van der Waals surface area contributed by atoms with Gasteiger partial charge in [-0.2, -0.15) is 13.2 Å². The Morgan fingerprint density at radius 1 is 1.11 bits per heavy atom. The number of amides is 1. The van der Waals surface area contributed by atoms with E-state index in [2.05, 4.69) is 24.1 Å². The number of nitrogens with one attached hydrogen (secondary N) is 1. The number of halogens is 3. The van der Waals surface area contributed by atoms with Gasteiger partial charge in [0, 0.05) is 31.2 Å². The summed E-state index contributed by atoms with van der Waals surface area (Å²) >= 11 is 0. The standard InChI is InChI=1S/C21H29F3N2O2/c1-14-11-26(12-15(2)28-14)13-16-7-9-17(10-8-16)20(27)25-19-6-4-3-5-18(19)21(22,23)24/h7-10,14-15,18-19H,3-6,11-13H2,1-2H3,(H,25,27)/t14-,15-,18+,19-/m1/s1. The van der Waals surface area contributed by atoms with Crippen LogP contribution in [0.4, 0.5) is 13.2 Å². The minimum atomic E-state index is -4.27. The van der Waals surface area contributed by atoms with Crippen LogP contribution in [0.25, 0.3) is 0 Å². The number of rotatable bonds is 4. The lowest BCUT2D eigenvalue weighted by Gasteiger charge is -2.35. The lowest BCUT2D eigenvalue weighted by atomic mass is 9.84. The van der Waals surface area contributed by atoms with Gasteiger partial charge in [0.15, 0.2) is 0 Å². The molecular weight excluding hydrogens is 369 g/mol. The Morgan fingerprint density at radius 2 is 1.71 bits per heavy atom. The van der Waals surface area contributed by atoms with Crippen molar-refractivity contribution < 1.29 is 22.7 Å². The molecule has 1 aliphatic carbocycles. The van der Waals surface area contributed by atoms with Crippen molar-refractivity contribution >= 4 is 5.91 Å². The first-order valence-electron chi connectivity index (χ1n) is 10.1. The number of hydrogen-bond donors (Lipinski definition) is 1. The van der Waals surface area contributed by atoms with Crippen LogP contribution in [-0.4, -0.2) is 48.3 Å². The highest BCUT2D eigenvalue weighted by molar-refractivity contribution is 5.94. The van der Waals surface area contributed by atoms with E-state index in [-0.39, 0.29) is 18.6 Å². The van der Waals surface area contributed by atoms with Gasteiger partial charge >= 0.3 is 6.18 Å². The second-order valence-corrected chi connectivity index (χ2v) is 8.16. The molecule has 28 heavy (non-hydrogen) atoms. The van der Waals surface area contributed by atoms with Crippen LogP contribution in [0.3, 0.4) is 0 Å². The van der Waals surface area contributed by atoms with Gasteiger partial charge in [0.1, 0.15) is 0 Å². The molecule has 1 saturated carbocycles. The first-order chi connectivity index (χ1) is 13.2. The second-order valence-electron chi connectivity index (χ2n) is 8.16. The molecule has 1 heterocycles. The maximum absolute atomic E-state index is 13.2. The Labute approximate surface area is 164 Å². The quantitative estimate of drug-likeness (QED) is 0.829. The van der Waals surface area contributed by atoms with Gasteiger partial charge in [0.25, 0.3) is 5.91 Å². The van der Waals surface area contributed by atoms with Crippen molar-refractivity contribution in [2.75, 3.05) is 13.1 Å². The third kappa shape index (κ3) is 5.47. The summed E-state index contributed by atoms with van der Waals surface area (Å²) in [6.07, 6.45) is -2.16. The van der Waals surface area contributed by atoms with E-state index in [0.717, 1.165) is 25.2 Å². The number of carbonyl (C=O) groups is 1. The van der Waals surface area contributed by atoms with Gasteiger partial charge in [-0.1, -0.05) is 25.0 Å². The Kier molecular flexibility index (Phi) is 6.65. The molecule has 4 nitrogen and oxygen atoms in total. The molecule has 0 spiro atoms. The summed E-state index contributed by atoms with van der Waals surface area (Å²) < 4.78 is 45.4. The fraction of sp³-hybridized carbons (Fsp3) is 0.667. The average Bonchev–Trinajstić information content (AvgIpc) is 2.61. The molecule has 4 atom stereocenters. The minimum Gasteiger partial charge on any atom is -0.373 e.